The summed E-state index contributed by atoms with van der Waals surface area (Å²) in [5.41, 5.74) is 0.623. The Hall–Kier alpha value is -1.62. The highest BCUT2D eigenvalue weighted by Gasteiger charge is 2.16. The van der Waals surface area contributed by atoms with Gasteiger partial charge in [-0.3, -0.25) is 4.79 Å². The minimum atomic E-state index is -0.990. The van der Waals surface area contributed by atoms with Gasteiger partial charge in [-0.05, 0) is 25.0 Å². The van der Waals surface area contributed by atoms with E-state index in [4.69, 9.17) is 5.11 Å². The second-order valence-corrected chi connectivity index (χ2v) is 5.59. The van der Waals surface area contributed by atoms with Crippen LogP contribution in [0.4, 0.5) is 0 Å². The second kappa shape index (κ2) is 7.09. The molecule has 1 N–H and O–H groups in total. The Balaban J connectivity index is 2.79. The number of hydrogen-bond acceptors (Lipinski definition) is 3. The molecule has 0 unspecified atom stereocenters. The van der Waals surface area contributed by atoms with Gasteiger partial charge >= 0.3 is 5.97 Å². The average Bonchev–Trinajstić information content (AvgIpc) is 2.81. The third-order valence-corrected chi connectivity index (χ3v) is 3.41. The third kappa shape index (κ3) is 4.87. The maximum Gasteiger partial charge on any atom is 0.328 e. The van der Waals surface area contributed by atoms with Gasteiger partial charge < -0.3 is 10.0 Å². The Morgan fingerprint density at radius 2 is 2.16 bits per heavy atom. The number of hydrogen-bond donors (Lipinski definition) is 1. The number of carboxylic acid groups (broad SMARTS) is 1. The van der Waals surface area contributed by atoms with Gasteiger partial charge in [-0.15, -0.1) is 11.3 Å². The Morgan fingerprint density at radius 3 is 2.68 bits per heavy atom. The monoisotopic (exact) mass is 281 g/mol. The molecule has 5 heteroatoms. The number of carbonyl (C=O) groups is 2. The van der Waals surface area contributed by atoms with Crippen molar-refractivity contribution in [1.29, 1.82) is 0 Å². The van der Waals surface area contributed by atoms with Crippen LogP contribution in [-0.4, -0.2) is 35.0 Å². The van der Waals surface area contributed by atoms with Gasteiger partial charge in [0.15, 0.2) is 0 Å². The fourth-order valence-corrected chi connectivity index (χ4v) is 2.46. The van der Waals surface area contributed by atoms with E-state index in [1.807, 2.05) is 6.92 Å². The predicted octanol–water partition coefficient (Wildman–Crippen LogP) is 2.96. The van der Waals surface area contributed by atoms with Gasteiger partial charge in [-0.2, -0.15) is 0 Å². The van der Waals surface area contributed by atoms with Crippen molar-refractivity contribution < 1.29 is 14.7 Å². The number of carbonyl (C=O) groups excluding carboxylic acids is 1. The highest BCUT2D eigenvalue weighted by atomic mass is 32.1. The molecule has 1 rings (SSSR count). The van der Waals surface area contributed by atoms with Crippen LogP contribution in [0, 0.1) is 5.92 Å². The summed E-state index contributed by atoms with van der Waals surface area (Å²) in [7, 11) is 0. The van der Waals surface area contributed by atoms with Crippen molar-refractivity contribution in [2.75, 3.05) is 13.1 Å². The van der Waals surface area contributed by atoms with E-state index in [1.54, 1.807) is 16.3 Å². The molecule has 1 heterocycles. The van der Waals surface area contributed by atoms with Crippen LogP contribution in [0.5, 0.6) is 0 Å². The fourth-order valence-electron chi connectivity index (χ4n) is 1.68. The van der Waals surface area contributed by atoms with Crippen LogP contribution in [0.15, 0.2) is 17.5 Å². The van der Waals surface area contributed by atoms with Crippen LogP contribution < -0.4 is 0 Å². The Morgan fingerprint density at radius 1 is 1.47 bits per heavy atom. The first-order valence-electron chi connectivity index (χ1n) is 6.22. The lowest BCUT2D eigenvalue weighted by Gasteiger charge is -2.22. The molecule has 19 heavy (non-hydrogen) atoms. The van der Waals surface area contributed by atoms with E-state index in [1.165, 1.54) is 17.4 Å². The minimum absolute atomic E-state index is 0.00225. The summed E-state index contributed by atoms with van der Waals surface area (Å²) >= 11 is 1.37. The molecule has 0 bridgehead atoms. The first-order valence-corrected chi connectivity index (χ1v) is 7.10. The Kier molecular flexibility index (Phi) is 5.76. The van der Waals surface area contributed by atoms with Gasteiger partial charge in [-0.1, -0.05) is 13.8 Å². The summed E-state index contributed by atoms with van der Waals surface area (Å²) in [6.45, 7) is 7.51. The highest BCUT2D eigenvalue weighted by Crippen LogP contribution is 2.18. The molecule has 0 aromatic carbocycles. The lowest BCUT2D eigenvalue weighted by atomic mass is 10.2. The van der Waals surface area contributed by atoms with Gasteiger partial charge in [0.25, 0.3) is 5.91 Å². The molecule has 0 aliphatic heterocycles. The molecule has 104 valence electrons. The summed E-state index contributed by atoms with van der Waals surface area (Å²) < 4.78 is 0. The topological polar surface area (TPSA) is 57.6 Å². The summed E-state index contributed by atoms with van der Waals surface area (Å²) in [5, 5.41) is 10.3. The van der Waals surface area contributed by atoms with E-state index < -0.39 is 5.97 Å². The predicted molar refractivity (Wildman–Crippen MR) is 77.4 cm³/mol. The molecule has 0 aliphatic carbocycles. The zero-order valence-corrected chi connectivity index (χ0v) is 12.2. The molecular formula is C14H19NO3S. The van der Waals surface area contributed by atoms with Gasteiger partial charge in [0.05, 0.1) is 5.56 Å². The van der Waals surface area contributed by atoms with E-state index in [0.717, 1.165) is 17.5 Å². The van der Waals surface area contributed by atoms with Gasteiger partial charge in [0, 0.05) is 29.4 Å². The number of carboxylic acids is 1. The Labute approximate surface area is 117 Å². The zero-order valence-electron chi connectivity index (χ0n) is 11.4. The van der Waals surface area contributed by atoms with Crippen LogP contribution in [0.1, 0.15) is 36.0 Å². The number of amides is 1. The van der Waals surface area contributed by atoms with Crippen molar-refractivity contribution in [3.63, 3.8) is 0 Å². The number of nitrogens with zero attached hydrogens (tertiary/aromatic N) is 1. The maximum atomic E-state index is 12.3. The molecule has 0 saturated heterocycles. The molecule has 0 saturated carbocycles. The first-order chi connectivity index (χ1) is 8.93. The van der Waals surface area contributed by atoms with E-state index in [-0.39, 0.29) is 5.91 Å². The highest BCUT2D eigenvalue weighted by molar-refractivity contribution is 7.11. The summed E-state index contributed by atoms with van der Waals surface area (Å²) in [4.78, 5) is 25.3. The average molecular weight is 281 g/mol. The molecule has 0 spiro atoms. The molecule has 0 radical (unpaired) electrons. The molecular weight excluding hydrogens is 262 g/mol. The standard InChI is InChI=1S/C14H19NO3S/c1-4-15(8-10(2)3)14(18)11-7-12(19-9-11)5-6-13(16)17/h5-7,9-10H,4,8H2,1-3H3,(H,16,17). The largest absolute Gasteiger partial charge is 0.478 e. The number of thiophene rings is 1. The first kappa shape index (κ1) is 15.4. The van der Waals surface area contributed by atoms with Crippen molar-refractivity contribution in [2.24, 2.45) is 5.92 Å². The zero-order chi connectivity index (χ0) is 14.4. The summed E-state index contributed by atoms with van der Waals surface area (Å²) in [5.74, 6) is -0.562. The molecule has 0 fully saturated rings. The summed E-state index contributed by atoms with van der Waals surface area (Å²) in [6, 6.07) is 1.73. The van der Waals surface area contributed by atoms with Crippen LogP contribution in [0.25, 0.3) is 6.08 Å². The molecule has 1 aromatic rings. The quantitative estimate of drug-likeness (QED) is 0.816. The second-order valence-electron chi connectivity index (χ2n) is 4.65. The van der Waals surface area contributed by atoms with E-state index in [9.17, 15) is 9.59 Å². The molecule has 1 aromatic heterocycles. The lowest BCUT2D eigenvalue weighted by Crippen LogP contribution is -2.33. The normalized spacial score (nSPS) is 11.2. The molecule has 1 amide bonds. The van der Waals surface area contributed by atoms with Crippen LogP contribution >= 0.6 is 11.3 Å². The van der Waals surface area contributed by atoms with Gasteiger partial charge in [-0.25, -0.2) is 4.79 Å². The summed E-state index contributed by atoms with van der Waals surface area (Å²) in [6.07, 6.45) is 2.58. The maximum absolute atomic E-state index is 12.3. The molecule has 0 atom stereocenters. The van der Waals surface area contributed by atoms with Gasteiger partial charge in [0.1, 0.15) is 0 Å². The van der Waals surface area contributed by atoms with Crippen LogP contribution in [0.2, 0.25) is 0 Å². The van der Waals surface area contributed by atoms with Crippen molar-refractivity contribution in [3.05, 3.63) is 28.0 Å². The van der Waals surface area contributed by atoms with Crippen LogP contribution in [0.3, 0.4) is 0 Å². The van der Waals surface area contributed by atoms with Crippen molar-refractivity contribution in [1.82, 2.24) is 4.90 Å². The van der Waals surface area contributed by atoms with Gasteiger partial charge in [0.2, 0.25) is 0 Å². The fraction of sp³-hybridized carbons (Fsp3) is 0.429. The molecule has 4 nitrogen and oxygen atoms in total. The minimum Gasteiger partial charge on any atom is -0.478 e. The van der Waals surface area contributed by atoms with E-state index >= 15 is 0 Å². The number of rotatable bonds is 6. The molecule has 0 aliphatic rings. The van der Waals surface area contributed by atoms with E-state index in [2.05, 4.69) is 13.8 Å². The Bertz CT molecular complexity index is 477. The van der Waals surface area contributed by atoms with Crippen molar-refractivity contribution >= 4 is 29.3 Å². The SMILES string of the molecule is CCN(CC(C)C)C(=O)c1csc(C=CC(=O)O)c1. The number of aliphatic carboxylic acids is 1. The van der Waals surface area contributed by atoms with Crippen molar-refractivity contribution in [3.8, 4) is 0 Å². The smallest absolute Gasteiger partial charge is 0.328 e. The van der Waals surface area contributed by atoms with Crippen molar-refractivity contribution in [2.45, 2.75) is 20.8 Å². The third-order valence-electron chi connectivity index (χ3n) is 2.51. The lowest BCUT2D eigenvalue weighted by molar-refractivity contribution is -0.131. The van der Waals surface area contributed by atoms with E-state index in [0.29, 0.717) is 18.0 Å². The van der Waals surface area contributed by atoms with Crippen LogP contribution in [-0.2, 0) is 4.79 Å².